The first-order valence-corrected chi connectivity index (χ1v) is 16.9. The number of carbonyl (C=O) groups excluding carboxylic acids is 2. The van der Waals surface area contributed by atoms with Gasteiger partial charge in [0.15, 0.2) is 5.78 Å². The number of rotatable bonds is 12. The van der Waals surface area contributed by atoms with Gasteiger partial charge in [-0.15, -0.1) is 0 Å². The number of carbonyl (C=O) groups is 2. The summed E-state index contributed by atoms with van der Waals surface area (Å²) in [6.45, 7) is 6.67. The molecule has 2 N–H and O–H groups in total. The van der Waals surface area contributed by atoms with E-state index in [4.69, 9.17) is 16.3 Å². The van der Waals surface area contributed by atoms with Gasteiger partial charge in [0, 0.05) is 42.5 Å². The van der Waals surface area contributed by atoms with E-state index >= 15 is 4.39 Å². The summed E-state index contributed by atoms with van der Waals surface area (Å²) in [5, 5.41) is 6.52. The van der Waals surface area contributed by atoms with Crippen molar-refractivity contribution in [1.82, 2.24) is 14.9 Å². The molecule has 0 aromatic heterocycles. The van der Waals surface area contributed by atoms with Crippen LogP contribution in [0, 0.1) is 11.7 Å². The smallest absolute Gasteiger partial charge is 0.407 e. The van der Waals surface area contributed by atoms with Gasteiger partial charge in [0.2, 0.25) is 10.0 Å². The highest BCUT2D eigenvalue weighted by Gasteiger charge is 2.38. The lowest BCUT2D eigenvalue weighted by atomic mass is 9.79. The van der Waals surface area contributed by atoms with Crippen LogP contribution < -0.4 is 10.6 Å². The van der Waals surface area contributed by atoms with Crippen LogP contribution in [0.1, 0.15) is 49.8 Å². The summed E-state index contributed by atoms with van der Waals surface area (Å²) in [7, 11) is -2.56. The SMILES string of the molecule is COC(=O)N[C@H](C(=O)Cc1cccc(F)c1CC[C@H]1CNC[C@@H](C)N1S(=O)(=O)c1ccccc1)[C@@H](c1cccc(Cl)c1)C(C)C. The number of methoxy groups -OCH3 is 1. The van der Waals surface area contributed by atoms with Gasteiger partial charge in [-0.3, -0.25) is 4.79 Å². The predicted molar refractivity (Wildman–Crippen MR) is 173 cm³/mol. The van der Waals surface area contributed by atoms with Crippen molar-refractivity contribution in [2.24, 2.45) is 5.92 Å². The Hall–Kier alpha value is -3.31. The number of amides is 1. The number of nitrogens with zero attached hydrogens (tertiary/aromatic N) is 1. The number of alkyl carbamates (subject to hydrolysis) is 1. The largest absolute Gasteiger partial charge is 0.453 e. The van der Waals surface area contributed by atoms with E-state index in [-0.39, 0.29) is 35.5 Å². The normalized spacial score (nSPS) is 18.7. The van der Waals surface area contributed by atoms with E-state index in [1.54, 1.807) is 60.7 Å². The Morgan fingerprint density at radius 3 is 2.44 bits per heavy atom. The Morgan fingerprint density at radius 1 is 1.07 bits per heavy atom. The van der Waals surface area contributed by atoms with Gasteiger partial charge in [-0.05, 0) is 72.7 Å². The molecule has 45 heavy (non-hydrogen) atoms. The maximum atomic E-state index is 15.4. The fourth-order valence-electron chi connectivity index (χ4n) is 6.27. The molecule has 1 aliphatic heterocycles. The van der Waals surface area contributed by atoms with Gasteiger partial charge in [0.05, 0.1) is 18.0 Å². The minimum atomic E-state index is -3.79. The number of hydrogen-bond acceptors (Lipinski definition) is 6. The zero-order valence-electron chi connectivity index (χ0n) is 26.0. The van der Waals surface area contributed by atoms with Crippen LogP contribution in [0.15, 0.2) is 77.7 Å². The number of Topliss-reactive ketones (excluding diaryl/α,β-unsaturated/α-hetero) is 1. The molecule has 0 bridgehead atoms. The lowest BCUT2D eigenvalue weighted by Gasteiger charge is -2.40. The van der Waals surface area contributed by atoms with Crippen LogP contribution in [0.25, 0.3) is 0 Å². The van der Waals surface area contributed by atoms with Crippen molar-refractivity contribution in [2.75, 3.05) is 20.2 Å². The van der Waals surface area contributed by atoms with Gasteiger partial charge in [0.1, 0.15) is 5.82 Å². The van der Waals surface area contributed by atoms with Gasteiger partial charge in [-0.1, -0.05) is 67.9 Å². The standard InChI is InChI=1S/C34H41ClFN3O5S/c1-22(2)32(25-11-8-12-26(35)18-25)33(38-34(41)44-4)31(40)19-24-10-9-15-30(36)29(24)17-16-27-21-37-20-23(3)39(27)45(42,43)28-13-6-5-7-14-28/h5-15,18,22-23,27,32-33,37H,16-17,19-21H2,1-4H3,(H,38,41)/t23-,27+,32-,33-/m1/s1. The zero-order chi connectivity index (χ0) is 32.7. The molecule has 0 aliphatic carbocycles. The molecule has 0 spiro atoms. The second-order valence-electron chi connectivity index (χ2n) is 11.8. The first-order chi connectivity index (χ1) is 21.4. The number of halogens is 2. The van der Waals surface area contributed by atoms with E-state index in [0.717, 1.165) is 5.56 Å². The molecule has 4 atom stereocenters. The molecule has 1 aliphatic rings. The monoisotopic (exact) mass is 657 g/mol. The summed E-state index contributed by atoms with van der Waals surface area (Å²) in [6.07, 6.45) is -0.339. The minimum Gasteiger partial charge on any atom is -0.453 e. The molecule has 1 amide bonds. The van der Waals surface area contributed by atoms with Crippen molar-refractivity contribution < 1.29 is 27.1 Å². The number of hydrogen-bond donors (Lipinski definition) is 2. The third kappa shape index (κ3) is 8.30. The number of sulfonamides is 1. The van der Waals surface area contributed by atoms with Gasteiger partial charge >= 0.3 is 6.09 Å². The Balaban J connectivity index is 1.61. The molecule has 0 saturated carbocycles. The molecule has 11 heteroatoms. The topological polar surface area (TPSA) is 105 Å². The van der Waals surface area contributed by atoms with E-state index in [1.807, 2.05) is 26.8 Å². The Kier molecular flexibility index (Phi) is 11.8. The van der Waals surface area contributed by atoms with Crippen molar-refractivity contribution in [3.63, 3.8) is 0 Å². The lowest BCUT2D eigenvalue weighted by molar-refractivity contribution is -0.121. The Bertz CT molecular complexity index is 1590. The van der Waals surface area contributed by atoms with Crippen LogP contribution in [0.3, 0.4) is 0 Å². The molecule has 8 nitrogen and oxygen atoms in total. The lowest BCUT2D eigenvalue weighted by Crippen LogP contribution is -2.58. The van der Waals surface area contributed by atoms with E-state index in [1.165, 1.54) is 17.5 Å². The van der Waals surface area contributed by atoms with E-state index < -0.39 is 39.9 Å². The molecule has 1 saturated heterocycles. The highest BCUT2D eigenvalue weighted by Crippen LogP contribution is 2.32. The fraction of sp³-hybridized carbons (Fsp3) is 0.412. The van der Waals surface area contributed by atoms with Gasteiger partial charge in [0.25, 0.3) is 0 Å². The molecule has 0 radical (unpaired) electrons. The van der Waals surface area contributed by atoms with Crippen molar-refractivity contribution >= 4 is 33.5 Å². The van der Waals surface area contributed by atoms with Gasteiger partial charge in [-0.25, -0.2) is 17.6 Å². The van der Waals surface area contributed by atoms with Crippen molar-refractivity contribution in [3.8, 4) is 0 Å². The van der Waals surface area contributed by atoms with E-state index in [2.05, 4.69) is 10.6 Å². The maximum Gasteiger partial charge on any atom is 0.407 e. The summed E-state index contributed by atoms with van der Waals surface area (Å²) >= 11 is 6.28. The highest BCUT2D eigenvalue weighted by molar-refractivity contribution is 7.89. The Morgan fingerprint density at radius 2 is 1.78 bits per heavy atom. The van der Waals surface area contributed by atoms with Gasteiger partial charge < -0.3 is 15.4 Å². The molecule has 4 rings (SSSR count). The average Bonchev–Trinajstić information content (AvgIpc) is 3.00. The first kappa shape index (κ1) is 34.6. The van der Waals surface area contributed by atoms with E-state index in [0.29, 0.717) is 35.7 Å². The number of nitrogens with one attached hydrogen (secondary N) is 2. The predicted octanol–water partition coefficient (Wildman–Crippen LogP) is 5.74. The third-order valence-electron chi connectivity index (χ3n) is 8.36. The second kappa shape index (κ2) is 15.3. The molecule has 0 unspecified atom stereocenters. The van der Waals surface area contributed by atoms with Crippen molar-refractivity contribution in [1.29, 1.82) is 0 Å². The first-order valence-electron chi connectivity index (χ1n) is 15.1. The molecule has 1 heterocycles. The summed E-state index contributed by atoms with van der Waals surface area (Å²) in [6, 6.07) is 18.4. The summed E-state index contributed by atoms with van der Waals surface area (Å²) in [5.74, 6) is -1.28. The second-order valence-corrected chi connectivity index (χ2v) is 14.1. The molecule has 242 valence electrons. The Labute approximate surface area is 270 Å². The van der Waals surface area contributed by atoms with Crippen LogP contribution in [-0.2, 0) is 32.4 Å². The maximum absolute atomic E-state index is 15.4. The van der Waals surface area contributed by atoms with E-state index in [9.17, 15) is 18.0 Å². The number of benzene rings is 3. The zero-order valence-corrected chi connectivity index (χ0v) is 27.6. The highest BCUT2D eigenvalue weighted by atomic mass is 35.5. The van der Waals surface area contributed by atoms with Crippen LogP contribution in [0.5, 0.6) is 0 Å². The van der Waals surface area contributed by atoms with Gasteiger partial charge in [-0.2, -0.15) is 4.31 Å². The van der Waals surface area contributed by atoms with Crippen molar-refractivity contribution in [3.05, 3.63) is 100 Å². The average molecular weight is 658 g/mol. The summed E-state index contributed by atoms with van der Waals surface area (Å²) < 4.78 is 49.1. The molecule has 3 aromatic rings. The summed E-state index contributed by atoms with van der Waals surface area (Å²) in [4.78, 5) is 26.6. The number of ether oxygens (including phenoxy) is 1. The van der Waals surface area contributed by atoms with Crippen molar-refractivity contribution in [2.45, 2.75) is 69.0 Å². The fourth-order valence-corrected chi connectivity index (χ4v) is 8.33. The quantitative estimate of drug-likeness (QED) is 0.258. The molecular formula is C34H41ClFN3O5S. The van der Waals surface area contributed by atoms with Crippen LogP contribution in [0.4, 0.5) is 9.18 Å². The number of piperazine rings is 1. The van der Waals surface area contributed by atoms with Crippen LogP contribution in [-0.4, -0.2) is 62.9 Å². The third-order valence-corrected chi connectivity index (χ3v) is 10.7. The molecule has 3 aromatic carbocycles. The van der Waals surface area contributed by atoms with Crippen LogP contribution in [0.2, 0.25) is 5.02 Å². The minimum absolute atomic E-state index is 0.0695. The molecule has 1 fully saturated rings. The number of ketones is 1. The summed E-state index contributed by atoms with van der Waals surface area (Å²) in [5.41, 5.74) is 1.62. The van der Waals surface area contributed by atoms with Crippen LogP contribution >= 0.6 is 11.6 Å². The molecular weight excluding hydrogens is 617 g/mol.